The number of hydrogen-bond acceptors (Lipinski definition) is 3. The molecular formula is C5H10NO2S. The lowest BCUT2D eigenvalue weighted by molar-refractivity contribution is 0.579. The second kappa shape index (κ2) is 2.27. The molecule has 0 aromatic carbocycles. The second-order valence-corrected chi connectivity index (χ2v) is 4.61. The van der Waals surface area contributed by atoms with Crippen LogP contribution >= 0.6 is 0 Å². The average molecular weight is 148 g/mol. The largest absolute Gasteiger partial charge is 0.323 e. The molecule has 1 saturated heterocycles. The summed E-state index contributed by atoms with van der Waals surface area (Å²) in [5.41, 5.74) is 5.41. The lowest BCUT2D eigenvalue weighted by Crippen LogP contribution is -2.26. The number of rotatable bonds is 0. The van der Waals surface area contributed by atoms with Gasteiger partial charge in [-0.05, 0) is 12.8 Å². The van der Waals surface area contributed by atoms with Crippen LogP contribution in [-0.2, 0) is 9.84 Å². The van der Waals surface area contributed by atoms with Gasteiger partial charge in [0.15, 0.2) is 0 Å². The van der Waals surface area contributed by atoms with Crippen molar-refractivity contribution < 1.29 is 8.42 Å². The van der Waals surface area contributed by atoms with E-state index in [1.54, 1.807) is 0 Å². The monoisotopic (exact) mass is 148 g/mol. The fourth-order valence-electron chi connectivity index (χ4n) is 0.800. The Balaban J connectivity index is 2.55. The Morgan fingerprint density at radius 1 is 1.22 bits per heavy atom. The zero-order valence-corrected chi connectivity index (χ0v) is 5.95. The summed E-state index contributed by atoms with van der Waals surface area (Å²) in [4.78, 5) is 0. The van der Waals surface area contributed by atoms with E-state index in [0.29, 0.717) is 12.8 Å². The van der Waals surface area contributed by atoms with E-state index >= 15 is 0 Å². The van der Waals surface area contributed by atoms with Gasteiger partial charge in [-0.15, -0.1) is 0 Å². The summed E-state index contributed by atoms with van der Waals surface area (Å²) in [6, 6.07) is 0.824. The summed E-state index contributed by atoms with van der Waals surface area (Å²) in [5, 5.41) is 0. The van der Waals surface area contributed by atoms with Crippen LogP contribution in [0.3, 0.4) is 0 Å². The molecule has 0 aromatic heterocycles. The molecule has 0 saturated carbocycles. The Kier molecular flexibility index (Phi) is 1.77. The minimum atomic E-state index is -2.72. The van der Waals surface area contributed by atoms with Crippen LogP contribution < -0.4 is 5.73 Å². The van der Waals surface area contributed by atoms with Crippen molar-refractivity contribution in [2.45, 2.75) is 12.8 Å². The maximum absolute atomic E-state index is 10.7. The van der Waals surface area contributed by atoms with Crippen LogP contribution in [0.5, 0.6) is 0 Å². The smallest absolute Gasteiger partial charge is 0.150 e. The Morgan fingerprint density at radius 2 is 1.67 bits per heavy atom. The Hall–Kier alpha value is -0.0900. The first-order valence-corrected chi connectivity index (χ1v) is 4.73. The van der Waals surface area contributed by atoms with Crippen LogP contribution in [0.15, 0.2) is 0 Å². The fourth-order valence-corrected chi connectivity index (χ4v) is 2.15. The van der Waals surface area contributed by atoms with Gasteiger partial charge in [0.05, 0.1) is 11.5 Å². The topological polar surface area (TPSA) is 60.2 Å². The van der Waals surface area contributed by atoms with E-state index < -0.39 is 9.84 Å². The number of hydrogen-bond donors (Lipinski definition) is 1. The highest BCUT2D eigenvalue weighted by atomic mass is 32.2. The van der Waals surface area contributed by atoms with E-state index in [9.17, 15) is 8.42 Å². The van der Waals surface area contributed by atoms with Crippen molar-refractivity contribution in [3.8, 4) is 0 Å². The number of sulfone groups is 1. The molecule has 2 N–H and O–H groups in total. The van der Waals surface area contributed by atoms with Crippen LogP contribution in [0, 0.1) is 6.04 Å². The molecule has 0 bridgehead atoms. The summed E-state index contributed by atoms with van der Waals surface area (Å²) < 4.78 is 21.5. The lowest BCUT2D eigenvalue weighted by atomic mass is 10.2. The van der Waals surface area contributed by atoms with Gasteiger partial charge >= 0.3 is 0 Å². The quantitative estimate of drug-likeness (QED) is 0.512. The lowest BCUT2D eigenvalue weighted by Gasteiger charge is -2.15. The van der Waals surface area contributed by atoms with Gasteiger partial charge in [0, 0.05) is 6.04 Å². The Morgan fingerprint density at radius 3 is 2.00 bits per heavy atom. The van der Waals surface area contributed by atoms with E-state index in [0.717, 1.165) is 6.04 Å². The fraction of sp³-hybridized carbons (Fsp3) is 0.800. The van der Waals surface area contributed by atoms with Crippen LogP contribution in [0.2, 0.25) is 0 Å². The van der Waals surface area contributed by atoms with Gasteiger partial charge in [-0.2, -0.15) is 0 Å². The molecule has 0 amide bonds. The molecule has 0 aromatic rings. The molecule has 4 heteroatoms. The minimum absolute atomic E-state index is 0.249. The van der Waals surface area contributed by atoms with Gasteiger partial charge in [0.1, 0.15) is 9.84 Å². The van der Waals surface area contributed by atoms with E-state index in [4.69, 9.17) is 5.73 Å². The SMILES string of the molecule is N[C]1CCS(=O)(=O)CC1. The molecule has 1 fully saturated rings. The third-order valence-corrected chi connectivity index (χ3v) is 3.12. The highest BCUT2D eigenvalue weighted by Gasteiger charge is 2.20. The van der Waals surface area contributed by atoms with Gasteiger partial charge in [0.25, 0.3) is 0 Å². The predicted octanol–water partition coefficient (Wildman–Crippen LogP) is -0.314. The highest BCUT2D eigenvalue weighted by molar-refractivity contribution is 7.91. The maximum Gasteiger partial charge on any atom is 0.150 e. The zero-order valence-electron chi connectivity index (χ0n) is 5.13. The highest BCUT2D eigenvalue weighted by Crippen LogP contribution is 2.14. The van der Waals surface area contributed by atoms with Crippen molar-refractivity contribution >= 4 is 9.84 Å². The Labute approximate surface area is 55.2 Å². The van der Waals surface area contributed by atoms with Gasteiger partial charge in [-0.25, -0.2) is 8.42 Å². The molecule has 1 heterocycles. The molecule has 1 rings (SSSR count). The molecular weight excluding hydrogens is 138 g/mol. The van der Waals surface area contributed by atoms with Crippen molar-refractivity contribution in [2.75, 3.05) is 11.5 Å². The minimum Gasteiger partial charge on any atom is -0.323 e. The Bertz CT molecular complexity index is 171. The standard InChI is InChI=1S/C5H10NO2S/c6-5-1-3-9(7,8)4-2-5/h1-4,6H2. The summed E-state index contributed by atoms with van der Waals surface area (Å²) in [6.45, 7) is 0. The third-order valence-electron chi connectivity index (χ3n) is 1.47. The molecule has 3 nitrogen and oxygen atoms in total. The summed E-state index contributed by atoms with van der Waals surface area (Å²) in [7, 11) is -2.72. The first-order valence-electron chi connectivity index (χ1n) is 2.91. The van der Waals surface area contributed by atoms with Crippen molar-refractivity contribution in [3.63, 3.8) is 0 Å². The van der Waals surface area contributed by atoms with Crippen LogP contribution in [0.25, 0.3) is 0 Å². The second-order valence-electron chi connectivity index (χ2n) is 2.31. The summed E-state index contributed by atoms with van der Waals surface area (Å²) >= 11 is 0. The third kappa shape index (κ3) is 1.95. The van der Waals surface area contributed by atoms with Gasteiger partial charge in [0.2, 0.25) is 0 Å². The summed E-state index contributed by atoms with van der Waals surface area (Å²) in [5.74, 6) is 0.498. The molecule has 1 aliphatic heterocycles. The van der Waals surface area contributed by atoms with Crippen LogP contribution in [0.1, 0.15) is 12.8 Å². The normalized spacial score (nSPS) is 28.1. The van der Waals surface area contributed by atoms with E-state index in [-0.39, 0.29) is 11.5 Å². The van der Waals surface area contributed by atoms with Gasteiger partial charge in [-0.1, -0.05) is 0 Å². The van der Waals surface area contributed by atoms with Crippen molar-refractivity contribution in [1.82, 2.24) is 0 Å². The molecule has 53 valence electrons. The zero-order chi connectivity index (χ0) is 6.91. The first-order chi connectivity index (χ1) is 4.10. The first kappa shape index (κ1) is 7.02. The van der Waals surface area contributed by atoms with Gasteiger partial charge in [-0.3, -0.25) is 0 Å². The maximum atomic E-state index is 10.7. The van der Waals surface area contributed by atoms with Crippen molar-refractivity contribution in [1.29, 1.82) is 0 Å². The van der Waals surface area contributed by atoms with Gasteiger partial charge < -0.3 is 5.73 Å². The average Bonchev–Trinajstić information content (AvgIpc) is 1.78. The van der Waals surface area contributed by atoms with Crippen LogP contribution in [0.4, 0.5) is 0 Å². The van der Waals surface area contributed by atoms with E-state index in [1.165, 1.54) is 0 Å². The van der Waals surface area contributed by atoms with Crippen molar-refractivity contribution in [2.24, 2.45) is 5.73 Å². The molecule has 0 unspecified atom stereocenters. The molecule has 1 aliphatic rings. The van der Waals surface area contributed by atoms with Crippen molar-refractivity contribution in [3.05, 3.63) is 6.04 Å². The van der Waals surface area contributed by atoms with E-state index in [2.05, 4.69) is 0 Å². The van der Waals surface area contributed by atoms with Crippen LogP contribution in [-0.4, -0.2) is 19.9 Å². The molecule has 9 heavy (non-hydrogen) atoms. The van der Waals surface area contributed by atoms with E-state index in [1.807, 2.05) is 0 Å². The molecule has 1 radical (unpaired) electrons. The number of nitrogens with two attached hydrogens (primary N) is 1. The molecule has 0 aliphatic carbocycles. The predicted molar refractivity (Wildman–Crippen MR) is 35.3 cm³/mol. The molecule has 0 spiro atoms. The molecule has 0 atom stereocenters. The summed E-state index contributed by atoms with van der Waals surface area (Å²) in [6.07, 6.45) is 1.12.